The molecule has 1 saturated heterocycles. The van der Waals surface area contributed by atoms with Gasteiger partial charge in [0.25, 0.3) is 0 Å². The van der Waals surface area contributed by atoms with Gasteiger partial charge in [0.2, 0.25) is 0 Å². The summed E-state index contributed by atoms with van der Waals surface area (Å²) in [7, 11) is 2.09. The third kappa shape index (κ3) is 7.53. The Kier molecular flexibility index (Phi) is 9.53. The van der Waals surface area contributed by atoms with Crippen LogP contribution in [0.2, 0.25) is 5.02 Å². The maximum Gasteiger partial charge on any atom is 0.490 e. The van der Waals surface area contributed by atoms with E-state index in [9.17, 15) is 22.4 Å². The van der Waals surface area contributed by atoms with Crippen LogP contribution >= 0.6 is 11.6 Å². The van der Waals surface area contributed by atoms with Gasteiger partial charge < -0.3 is 20.2 Å². The number of nitrogens with zero attached hydrogens (tertiary/aromatic N) is 4. The number of hydrogen-bond donors (Lipinski definition) is 2. The van der Waals surface area contributed by atoms with Crippen LogP contribution in [-0.2, 0) is 17.8 Å². The number of ketones is 1. The highest BCUT2D eigenvalue weighted by molar-refractivity contribution is 6.31. The predicted octanol–water partition coefficient (Wildman–Crippen LogP) is 4.81. The minimum absolute atomic E-state index is 0.0877. The van der Waals surface area contributed by atoms with Gasteiger partial charge in [-0.3, -0.25) is 4.79 Å². The van der Waals surface area contributed by atoms with Gasteiger partial charge in [-0.05, 0) is 51.9 Å². The SMILES string of the molecule is CC(C)Nc1nc2c(nc1N1CCC(C(=O)c3cc(Cl)ccc3F)CC1)CN(C)CC2.O=C(O)C(F)(F)F. The van der Waals surface area contributed by atoms with Crippen molar-refractivity contribution in [2.75, 3.05) is 36.9 Å². The van der Waals surface area contributed by atoms with Gasteiger partial charge >= 0.3 is 12.1 Å². The average molecular weight is 560 g/mol. The minimum Gasteiger partial charge on any atom is -0.475 e. The van der Waals surface area contributed by atoms with Crippen molar-refractivity contribution >= 4 is 35.0 Å². The van der Waals surface area contributed by atoms with Gasteiger partial charge in [0, 0.05) is 49.6 Å². The standard InChI is InChI=1S/C23H29ClFN5O.C2HF3O2/c1-14(2)26-22-23(28-20-13-29(3)9-8-19(20)27-22)30-10-6-15(7-11-30)21(31)17-12-16(24)4-5-18(17)25;3-2(4,5)1(6)7/h4-5,12,14-15H,6-11,13H2,1-3H3,(H,26,27);(H,6,7). The zero-order valence-corrected chi connectivity index (χ0v) is 22.0. The van der Waals surface area contributed by atoms with Gasteiger partial charge in [-0.1, -0.05) is 11.6 Å². The minimum atomic E-state index is -5.08. The Morgan fingerprint density at radius 2 is 1.76 bits per heavy atom. The molecule has 2 aliphatic rings. The lowest BCUT2D eigenvalue weighted by molar-refractivity contribution is -0.192. The smallest absolute Gasteiger partial charge is 0.475 e. The van der Waals surface area contributed by atoms with E-state index in [1.807, 2.05) is 0 Å². The van der Waals surface area contributed by atoms with Crippen molar-refractivity contribution in [3.63, 3.8) is 0 Å². The molecule has 8 nitrogen and oxygen atoms in total. The van der Waals surface area contributed by atoms with Crippen molar-refractivity contribution in [1.29, 1.82) is 0 Å². The van der Waals surface area contributed by atoms with E-state index in [0.717, 1.165) is 42.5 Å². The molecule has 3 heterocycles. The molecule has 1 fully saturated rings. The number of likely N-dealkylation sites (N-methyl/N-ethyl adjacent to an activating group) is 1. The number of benzene rings is 1. The van der Waals surface area contributed by atoms with Crippen LogP contribution in [0.25, 0.3) is 0 Å². The number of rotatable bonds is 5. The first kappa shape index (κ1) is 29.6. The number of carbonyl (C=O) groups is 2. The summed E-state index contributed by atoms with van der Waals surface area (Å²) in [5.41, 5.74) is 2.17. The second-order valence-corrected chi connectivity index (χ2v) is 10.1. The van der Waals surface area contributed by atoms with E-state index in [0.29, 0.717) is 31.0 Å². The number of nitrogens with one attached hydrogen (secondary N) is 1. The second-order valence-electron chi connectivity index (χ2n) is 9.63. The van der Waals surface area contributed by atoms with E-state index in [4.69, 9.17) is 31.5 Å². The van der Waals surface area contributed by atoms with Crippen molar-refractivity contribution in [2.24, 2.45) is 5.92 Å². The summed E-state index contributed by atoms with van der Waals surface area (Å²) in [6.45, 7) is 7.30. The largest absolute Gasteiger partial charge is 0.490 e. The van der Waals surface area contributed by atoms with Crippen LogP contribution in [0, 0.1) is 11.7 Å². The first-order chi connectivity index (χ1) is 17.8. The van der Waals surface area contributed by atoms with E-state index < -0.39 is 18.0 Å². The molecular weight excluding hydrogens is 530 g/mol. The first-order valence-corrected chi connectivity index (χ1v) is 12.5. The number of aromatic nitrogens is 2. The Bertz CT molecular complexity index is 1170. The monoisotopic (exact) mass is 559 g/mol. The Morgan fingerprint density at radius 3 is 2.34 bits per heavy atom. The molecule has 38 heavy (non-hydrogen) atoms. The lowest BCUT2D eigenvalue weighted by atomic mass is 9.88. The highest BCUT2D eigenvalue weighted by Crippen LogP contribution is 2.32. The highest BCUT2D eigenvalue weighted by Gasteiger charge is 2.38. The molecule has 0 saturated carbocycles. The summed E-state index contributed by atoms with van der Waals surface area (Å²) >= 11 is 5.98. The van der Waals surface area contributed by atoms with Crippen LogP contribution in [0.1, 0.15) is 48.4 Å². The molecule has 0 bridgehead atoms. The normalized spacial score (nSPS) is 16.5. The van der Waals surface area contributed by atoms with E-state index >= 15 is 0 Å². The van der Waals surface area contributed by atoms with E-state index in [1.54, 1.807) is 0 Å². The maximum absolute atomic E-state index is 14.2. The van der Waals surface area contributed by atoms with Crippen molar-refractivity contribution < 1.29 is 32.3 Å². The topological polar surface area (TPSA) is 98.7 Å². The maximum atomic E-state index is 14.2. The fourth-order valence-electron chi connectivity index (χ4n) is 4.30. The first-order valence-electron chi connectivity index (χ1n) is 12.2. The zero-order valence-electron chi connectivity index (χ0n) is 21.3. The summed E-state index contributed by atoms with van der Waals surface area (Å²) in [5, 5.41) is 10.9. The number of fused-ring (bicyclic) bond motifs is 1. The number of Topliss-reactive ketones (excluding diaryl/α,β-unsaturated/α-hetero) is 1. The average Bonchev–Trinajstić information content (AvgIpc) is 2.84. The third-order valence-electron chi connectivity index (χ3n) is 6.21. The molecule has 1 aromatic carbocycles. The van der Waals surface area contributed by atoms with Crippen LogP contribution in [0.15, 0.2) is 18.2 Å². The number of carbonyl (C=O) groups excluding carboxylic acids is 1. The number of alkyl halides is 3. The zero-order chi connectivity index (χ0) is 28.2. The predicted molar refractivity (Wildman–Crippen MR) is 135 cm³/mol. The van der Waals surface area contributed by atoms with Gasteiger partial charge in [-0.15, -0.1) is 0 Å². The second kappa shape index (κ2) is 12.2. The number of anilines is 2. The van der Waals surface area contributed by atoms with Crippen LogP contribution in [0.3, 0.4) is 0 Å². The van der Waals surface area contributed by atoms with E-state index in [2.05, 4.69) is 36.0 Å². The molecule has 0 aliphatic carbocycles. The summed E-state index contributed by atoms with van der Waals surface area (Å²) in [4.78, 5) is 36.1. The Morgan fingerprint density at radius 1 is 1.13 bits per heavy atom. The van der Waals surface area contributed by atoms with E-state index in [1.165, 1.54) is 18.2 Å². The summed E-state index contributed by atoms with van der Waals surface area (Å²) in [6, 6.07) is 4.39. The quantitative estimate of drug-likeness (QED) is 0.398. The Balaban J connectivity index is 0.000000505. The molecule has 2 aliphatic heterocycles. The molecule has 0 radical (unpaired) electrons. The Labute approximate surface area is 223 Å². The third-order valence-corrected chi connectivity index (χ3v) is 6.44. The number of carboxylic acids is 1. The lowest BCUT2D eigenvalue weighted by Crippen LogP contribution is -2.38. The molecule has 1 aromatic heterocycles. The van der Waals surface area contributed by atoms with Gasteiger partial charge in [0.15, 0.2) is 17.4 Å². The fourth-order valence-corrected chi connectivity index (χ4v) is 4.48. The highest BCUT2D eigenvalue weighted by atomic mass is 35.5. The summed E-state index contributed by atoms with van der Waals surface area (Å²) in [6.07, 6.45) is -2.90. The van der Waals surface area contributed by atoms with Crippen molar-refractivity contribution in [1.82, 2.24) is 14.9 Å². The molecule has 4 rings (SSSR count). The van der Waals surface area contributed by atoms with Crippen molar-refractivity contribution in [3.8, 4) is 0 Å². The van der Waals surface area contributed by atoms with Gasteiger partial charge in [0.1, 0.15) is 5.82 Å². The summed E-state index contributed by atoms with van der Waals surface area (Å²) in [5.74, 6) is -2.00. The fraction of sp³-hybridized carbons (Fsp3) is 0.520. The lowest BCUT2D eigenvalue weighted by Gasteiger charge is -2.34. The van der Waals surface area contributed by atoms with E-state index in [-0.39, 0.29) is 23.3 Å². The molecule has 13 heteroatoms. The molecule has 2 N–H and O–H groups in total. The van der Waals surface area contributed by atoms with Gasteiger partial charge in [-0.25, -0.2) is 19.2 Å². The molecule has 2 aromatic rings. The molecule has 0 unspecified atom stereocenters. The van der Waals surface area contributed by atoms with Crippen molar-refractivity contribution in [3.05, 3.63) is 46.0 Å². The molecular formula is C25H30ClF4N5O3. The Hall–Kier alpha value is -2.99. The molecule has 208 valence electrons. The summed E-state index contributed by atoms with van der Waals surface area (Å²) < 4.78 is 45.9. The van der Waals surface area contributed by atoms with Crippen LogP contribution in [-0.4, -0.2) is 70.6 Å². The number of piperidine rings is 1. The van der Waals surface area contributed by atoms with Crippen LogP contribution in [0.5, 0.6) is 0 Å². The molecule has 0 atom stereocenters. The number of aliphatic carboxylic acids is 1. The number of hydrogen-bond acceptors (Lipinski definition) is 7. The van der Waals surface area contributed by atoms with Gasteiger partial charge in [0.05, 0.1) is 17.0 Å². The molecule has 0 spiro atoms. The number of halogens is 5. The molecule has 0 amide bonds. The van der Waals surface area contributed by atoms with Gasteiger partial charge in [-0.2, -0.15) is 13.2 Å². The van der Waals surface area contributed by atoms with Crippen LogP contribution in [0.4, 0.5) is 29.2 Å². The van der Waals surface area contributed by atoms with Crippen molar-refractivity contribution in [2.45, 2.75) is 51.9 Å². The van der Waals surface area contributed by atoms with Crippen LogP contribution < -0.4 is 10.2 Å². The number of carboxylic acid groups (broad SMARTS) is 1.